The number of halogens is 2. The van der Waals surface area contributed by atoms with Gasteiger partial charge in [0.15, 0.2) is 5.17 Å². The average molecular weight is 275 g/mol. The molecule has 14 heavy (non-hydrogen) atoms. The standard InChI is InChI=1S/C9H8BrFN2S/c10-7-2-1-6(11)5-8(7)13-9-12-3-4-14-9/h1-2,5H,3-4H2,(H,12,13). The van der Waals surface area contributed by atoms with Crippen LogP contribution in [0.2, 0.25) is 0 Å². The summed E-state index contributed by atoms with van der Waals surface area (Å²) in [6, 6.07) is 4.54. The lowest BCUT2D eigenvalue weighted by molar-refractivity contribution is 0.628. The number of amidine groups is 1. The molecule has 0 aliphatic carbocycles. The van der Waals surface area contributed by atoms with Crippen LogP contribution in [0.5, 0.6) is 0 Å². The minimum atomic E-state index is -0.251. The number of benzene rings is 1. The maximum Gasteiger partial charge on any atom is 0.161 e. The zero-order chi connectivity index (χ0) is 9.97. The van der Waals surface area contributed by atoms with Crippen LogP contribution in [0.1, 0.15) is 0 Å². The molecule has 0 aromatic heterocycles. The number of anilines is 1. The number of aliphatic imine (C=N–C) groups is 1. The highest BCUT2D eigenvalue weighted by Crippen LogP contribution is 2.25. The number of rotatable bonds is 1. The Balaban J connectivity index is 2.19. The van der Waals surface area contributed by atoms with Gasteiger partial charge >= 0.3 is 0 Å². The molecule has 0 bridgehead atoms. The summed E-state index contributed by atoms with van der Waals surface area (Å²) in [6.07, 6.45) is 0. The smallest absolute Gasteiger partial charge is 0.161 e. The molecule has 2 nitrogen and oxygen atoms in total. The van der Waals surface area contributed by atoms with Crippen molar-refractivity contribution in [2.75, 3.05) is 17.6 Å². The van der Waals surface area contributed by atoms with E-state index in [1.165, 1.54) is 12.1 Å². The first-order valence-electron chi connectivity index (χ1n) is 4.15. The van der Waals surface area contributed by atoms with Gasteiger partial charge in [-0.3, -0.25) is 4.99 Å². The van der Waals surface area contributed by atoms with E-state index in [2.05, 4.69) is 26.2 Å². The Hall–Kier alpha value is -0.550. The Bertz CT molecular complexity index is 381. The Morgan fingerprint density at radius 2 is 2.36 bits per heavy atom. The van der Waals surface area contributed by atoms with Crippen molar-refractivity contribution in [2.45, 2.75) is 0 Å². The lowest BCUT2D eigenvalue weighted by Crippen LogP contribution is -2.05. The number of hydrogen-bond acceptors (Lipinski definition) is 3. The molecule has 0 atom stereocenters. The van der Waals surface area contributed by atoms with Crippen molar-refractivity contribution < 1.29 is 4.39 Å². The molecule has 1 heterocycles. The van der Waals surface area contributed by atoms with Gasteiger partial charge in [-0.2, -0.15) is 0 Å². The van der Waals surface area contributed by atoms with Gasteiger partial charge in [0, 0.05) is 10.2 Å². The maximum atomic E-state index is 12.9. The molecule has 0 radical (unpaired) electrons. The predicted octanol–water partition coefficient (Wildman–Crippen LogP) is 3.10. The van der Waals surface area contributed by atoms with Crippen molar-refractivity contribution in [3.05, 3.63) is 28.5 Å². The molecule has 1 aliphatic rings. The number of thioether (sulfide) groups is 1. The van der Waals surface area contributed by atoms with E-state index in [0.717, 1.165) is 27.6 Å². The van der Waals surface area contributed by atoms with Crippen LogP contribution >= 0.6 is 27.7 Å². The molecule has 74 valence electrons. The summed E-state index contributed by atoms with van der Waals surface area (Å²) in [4.78, 5) is 4.23. The van der Waals surface area contributed by atoms with E-state index in [9.17, 15) is 4.39 Å². The van der Waals surface area contributed by atoms with E-state index < -0.39 is 0 Å². The van der Waals surface area contributed by atoms with Crippen molar-refractivity contribution in [1.82, 2.24) is 0 Å². The summed E-state index contributed by atoms with van der Waals surface area (Å²) in [5.74, 6) is 0.745. The first-order valence-corrected chi connectivity index (χ1v) is 5.93. The van der Waals surface area contributed by atoms with E-state index in [1.807, 2.05) is 0 Å². The summed E-state index contributed by atoms with van der Waals surface area (Å²) >= 11 is 4.99. The Kier molecular flexibility index (Phi) is 3.08. The minimum absolute atomic E-state index is 0.251. The van der Waals surface area contributed by atoms with E-state index in [0.29, 0.717) is 0 Å². The fraction of sp³-hybridized carbons (Fsp3) is 0.222. The fourth-order valence-electron chi connectivity index (χ4n) is 1.12. The van der Waals surface area contributed by atoms with E-state index in [4.69, 9.17) is 0 Å². The van der Waals surface area contributed by atoms with Crippen molar-refractivity contribution in [3.8, 4) is 0 Å². The lowest BCUT2D eigenvalue weighted by Gasteiger charge is -2.06. The van der Waals surface area contributed by atoms with Crippen molar-refractivity contribution in [1.29, 1.82) is 0 Å². The van der Waals surface area contributed by atoms with Gasteiger partial charge in [0.25, 0.3) is 0 Å². The van der Waals surface area contributed by atoms with Crippen molar-refractivity contribution in [2.24, 2.45) is 4.99 Å². The highest BCUT2D eigenvalue weighted by Gasteiger charge is 2.09. The van der Waals surface area contributed by atoms with Gasteiger partial charge in [0.05, 0.1) is 12.2 Å². The second kappa shape index (κ2) is 4.31. The summed E-state index contributed by atoms with van der Waals surface area (Å²) in [6.45, 7) is 0.833. The highest BCUT2D eigenvalue weighted by molar-refractivity contribution is 9.10. The van der Waals surface area contributed by atoms with E-state index in [-0.39, 0.29) is 5.82 Å². The summed E-state index contributed by atoms with van der Waals surface area (Å²) in [5.41, 5.74) is 0.721. The van der Waals surface area contributed by atoms with Crippen LogP contribution in [0.4, 0.5) is 10.1 Å². The van der Waals surface area contributed by atoms with Gasteiger partial charge in [0.1, 0.15) is 5.82 Å². The molecule has 0 spiro atoms. The van der Waals surface area contributed by atoms with Gasteiger partial charge in [0.2, 0.25) is 0 Å². The molecule has 0 saturated carbocycles. The first kappa shape index (κ1) is 9.98. The zero-order valence-electron chi connectivity index (χ0n) is 7.26. The molecule has 1 aliphatic heterocycles. The normalized spacial score (nSPS) is 15.4. The number of nitrogens with zero attached hydrogens (tertiary/aromatic N) is 1. The molecule has 1 N–H and O–H groups in total. The van der Waals surface area contributed by atoms with Crippen molar-refractivity contribution in [3.63, 3.8) is 0 Å². The molecule has 0 amide bonds. The molecule has 5 heteroatoms. The number of hydrogen-bond donors (Lipinski definition) is 1. The first-order chi connectivity index (χ1) is 6.75. The molecular weight excluding hydrogens is 267 g/mol. The summed E-state index contributed by atoms with van der Waals surface area (Å²) < 4.78 is 13.8. The van der Waals surface area contributed by atoms with Gasteiger partial charge in [-0.25, -0.2) is 4.39 Å². The van der Waals surface area contributed by atoms with Crippen LogP contribution in [-0.2, 0) is 0 Å². The third-order valence-corrected chi connectivity index (χ3v) is 3.34. The molecule has 2 rings (SSSR count). The van der Waals surface area contributed by atoms with Crippen LogP contribution < -0.4 is 5.32 Å². The third-order valence-electron chi connectivity index (χ3n) is 1.76. The quantitative estimate of drug-likeness (QED) is 0.851. The Labute approximate surface area is 94.1 Å². The molecule has 1 aromatic carbocycles. The molecule has 1 aromatic rings. The largest absolute Gasteiger partial charge is 0.334 e. The fourth-order valence-corrected chi connectivity index (χ4v) is 2.21. The van der Waals surface area contributed by atoms with Crippen LogP contribution in [0.3, 0.4) is 0 Å². The minimum Gasteiger partial charge on any atom is -0.334 e. The second-order valence-electron chi connectivity index (χ2n) is 2.78. The zero-order valence-corrected chi connectivity index (χ0v) is 9.66. The van der Waals surface area contributed by atoms with E-state index in [1.54, 1.807) is 17.8 Å². The topological polar surface area (TPSA) is 24.4 Å². The number of nitrogens with one attached hydrogen (secondary N) is 1. The van der Waals surface area contributed by atoms with Crippen molar-refractivity contribution >= 4 is 38.5 Å². The lowest BCUT2D eigenvalue weighted by atomic mass is 10.3. The summed E-state index contributed by atoms with van der Waals surface area (Å²) in [7, 11) is 0. The third kappa shape index (κ3) is 2.27. The molecular formula is C9H8BrFN2S. The van der Waals surface area contributed by atoms with Crippen LogP contribution in [0, 0.1) is 5.82 Å². The van der Waals surface area contributed by atoms with Crippen LogP contribution in [-0.4, -0.2) is 17.5 Å². The van der Waals surface area contributed by atoms with Gasteiger partial charge in [-0.1, -0.05) is 11.8 Å². The molecule has 0 fully saturated rings. The summed E-state index contributed by atoms with van der Waals surface area (Å²) in [5, 5.41) is 3.93. The SMILES string of the molecule is Fc1ccc(Br)c(NC2=NCCS2)c1. The Morgan fingerprint density at radius 3 is 3.07 bits per heavy atom. The molecule has 0 saturated heterocycles. The average Bonchev–Trinajstić information content (AvgIpc) is 2.64. The van der Waals surface area contributed by atoms with Gasteiger partial charge in [-0.15, -0.1) is 0 Å². The van der Waals surface area contributed by atoms with Gasteiger partial charge in [-0.05, 0) is 34.1 Å². The van der Waals surface area contributed by atoms with Crippen LogP contribution in [0.25, 0.3) is 0 Å². The van der Waals surface area contributed by atoms with Gasteiger partial charge < -0.3 is 5.32 Å². The monoisotopic (exact) mass is 274 g/mol. The van der Waals surface area contributed by atoms with Crippen LogP contribution in [0.15, 0.2) is 27.7 Å². The second-order valence-corrected chi connectivity index (χ2v) is 4.72. The van der Waals surface area contributed by atoms with E-state index >= 15 is 0 Å². The predicted molar refractivity (Wildman–Crippen MR) is 62.5 cm³/mol. The maximum absolute atomic E-state index is 12.9. The molecule has 0 unspecified atom stereocenters. The highest BCUT2D eigenvalue weighted by atomic mass is 79.9. The Morgan fingerprint density at radius 1 is 1.50 bits per heavy atom.